The first-order valence-electron chi connectivity index (χ1n) is 10.2. The third-order valence-electron chi connectivity index (χ3n) is 4.80. The van der Waals surface area contributed by atoms with Gasteiger partial charge in [-0.3, -0.25) is 10.2 Å². The smallest absolute Gasteiger partial charge is 0.441 e. The second-order valence-corrected chi connectivity index (χ2v) is 8.08. The molecule has 0 unspecified atom stereocenters. The molecule has 0 saturated carbocycles. The predicted octanol–water partition coefficient (Wildman–Crippen LogP) is 4.72. The number of nitriles is 1. The number of thioether (sulfide) groups is 1. The highest BCUT2D eigenvalue weighted by Crippen LogP contribution is 2.36. The summed E-state index contributed by atoms with van der Waals surface area (Å²) < 4.78 is 50.5. The van der Waals surface area contributed by atoms with Gasteiger partial charge >= 0.3 is 6.18 Å². The number of benzene rings is 2. The van der Waals surface area contributed by atoms with E-state index in [1.54, 1.807) is 49.4 Å². The number of amides is 1. The van der Waals surface area contributed by atoms with Gasteiger partial charge in [0.15, 0.2) is 17.3 Å². The van der Waals surface area contributed by atoms with Crippen LogP contribution in [-0.4, -0.2) is 39.7 Å². The summed E-state index contributed by atoms with van der Waals surface area (Å²) in [6, 6.07) is 13.9. The average molecular weight is 499 g/mol. The summed E-state index contributed by atoms with van der Waals surface area (Å²) in [5.41, 5.74) is 1.40. The third-order valence-corrected chi connectivity index (χ3v) is 5.75. The van der Waals surface area contributed by atoms with Gasteiger partial charge in [-0.15, -0.1) is 0 Å². The van der Waals surface area contributed by atoms with Crippen LogP contribution >= 0.6 is 11.8 Å². The topological polar surface area (TPSA) is 111 Å². The number of hydrogen-bond donors (Lipinski definition) is 1. The first-order valence-corrected chi connectivity index (χ1v) is 11.0. The highest BCUT2D eigenvalue weighted by atomic mass is 32.2. The van der Waals surface area contributed by atoms with E-state index < -0.39 is 23.0 Å². The largest absolute Gasteiger partial charge is 0.490 e. The van der Waals surface area contributed by atoms with Crippen LogP contribution in [0, 0.1) is 16.7 Å². The normalized spacial score (nSPS) is 16.5. The number of amidine groups is 2. The van der Waals surface area contributed by atoms with Crippen molar-refractivity contribution in [3.05, 3.63) is 64.7 Å². The lowest BCUT2D eigenvalue weighted by Crippen LogP contribution is -2.35. The zero-order valence-corrected chi connectivity index (χ0v) is 18.9. The van der Waals surface area contributed by atoms with Crippen molar-refractivity contribution in [3.8, 4) is 17.6 Å². The van der Waals surface area contributed by atoms with Crippen molar-refractivity contribution in [3.63, 3.8) is 0 Å². The summed E-state index contributed by atoms with van der Waals surface area (Å²) >= 11 is 0.190. The van der Waals surface area contributed by atoms with Crippen LogP contribution in [0.1, 0.15) is 23.6 Å². The van der Waals surface area contributed by atoms with E-state index in [9.17, 15) is 23.2 Å². The van der Waals surface area contributed by atoms with Gasteiger partial charge < -0.3 is 9.47 Å². The van der Waals surface area contributed by atoms with Crippen LogP contribution in [0.4, 0.5) is 13.2 Å². The minimum atomic E-state index is -4.71. The summed E-state index contributed by atoms with van der Waals surface area (Å²) in [4.78, 5) is 16.1. The third kappa shape index (κ3) is 5.04. The zero-order valence-electron chi connectivity index (χ0n) is 18.1. The molecular weight excluding hydrogens is 483 g/mol. The molecule has 35 heavy (non-hydrogen) atoms. The molecule has 0 atom stereocenters. The fourth-order valence-corrected chi connectivity index (χ4v) is 3.94. The Morgan fingerprint density at radius 2 is 1.97 bits per heavy atom. The molecule has 0 saturated heterocycles. The number of rotatable bonds is 6. The molecule has 2 heterocycles. The van der Waals surface area contributed by atoms with Gasteiger partial charge in [0.2, 0.25) is 10.2 Å². The lowest BCUT2D eigenvalue weighted by atomic mass is 10.1. The number of aliphatic imine (C=N–C) groups is 1. The van der Waals surface area contributed by atoms with Gasteiger partial charge in [0.05, 0.1) is 23.8 Å². The van der Waals surface area contributed by atoms with E-state index in [1.165, 1.54) is 6.08 Å². The number of fused-ring (bicyclic) bond motifs is 1. The number of halogens is 3. The summed E-state index contributed by atoms with van der Waals surface area (Å²) in [6.07, 6.45) is -3.39. The Labute approximate surface area is 201 Å². The van der Waals surface area contributed by atoms with Gasteiger partial charge in [-0.05, 0) is 48.5 Å². The maximum Gasteiger partial charge on any atom is 0.441 e. The van der Waals surface area contributed by atoms with E-state index >= 15 is 0 Å². The van der Waals surface area contributed by atoms with Crippen molar-refractivity contribution < 1.29 is 27.4 Å². The molecular formula is C23H16F3N5O3S. The van der Waals surface area contributed by atoms with Crippen LogP contribution in [0.5, 0.6) is 11.5 Å². The molecule has 0 aromatic heterocycles. The lowest BCUT2D eigenvalue weighted by molar-refractivity contribution is -0.114. The maximum atomic E-state index is 13.0. The summed E-state index contributed by atoms with van der Waals surface area (Å²) in [5.74, 6) is -0.622. The van der Waals surface area contributed by atoms with Gasteiger partial charge in [-0.2, -0.15) is 33.5 Å². The number of hydrogen-bond acceptors (Lipinski definition) is 7. The first kappa shape index (κ1) is 24.0. The molecule has 1 N–H and O–H groups in total. The number of carbonyl (C=O) groups excluding carboxylic acids is 1. The Hall–Kier alpha value is -4.11. The van der Waals surface area contributed by atoms with E-state index in [4.69, 9.17) is 14.9 Å². The van der Waals surface area contributed by atoms with Gasteiger partial charge in [0.25, 0.3) is 5.91 Å². The summed E-state index contributed by atoms with van der Waals surface area (Å²) in [7, 11) is 0. The second-order valence-electron chi connectivity index (χ2n) is 7.12. The Morgan fingerprint density at radius 1 is 1.20 bits per heavy atom. The molecule has 0 fully saturated rings. The van der Waals surface area contributed by atoms with Crippen LogP contribution in [-0.2, 0) is 11.4 Å². The van der Waals surface area contributed by atoms with E-state index in [0.29, 0.717) is 39.8 Å². The van der Waals surface area contributed by atoms with Crippen LogP contribution in [0.15, 0.2) is 58.1 Å². The van der Waals surface area contributed by atoms with E-state index in [2.05, 4.69) is 16.2 Å². The summed E-state index contributed by atoms with van der Waals surface area (Å²) in [6.45, 7) is 2.21. The fraction of sp³-hybridized carbons (Fsp3) is 0.174. The molecule has 12 heteroatoms. The van der Waals surface area contributed by atoms with Crippen LogP contribution < -0.4 is 9.47 Å². The molecule has 2 aliphatic heterocycles. The number of hydrazone groups is 1. The highest BCUT2D eigenvalue weighted by Gasteiger charge is 2.46. The van der Waals surface area contributed by atoms with Crippen LogP contribution in [0.2, 0.25) is 0 Å². The molecule has 2 aromatic carbocycles. The van der Waals surface area contributed by atoms with Crippen LogP contribution in [0.3, 0.4) is 0 Å². The van der Waals surface area contributed by atoms with Crippen molar-refractivity contribution in [1.29, 1.82) is 10.7 Å². The Kier molecular flexibility index (Phi) is 6.61. The minimum absolute atomic E-state index is 0.122. The van der Waals surface area contributed by atoms with E-state index in [-0.39, 0.29) is 29.1 Å². The SMILES string of the molecule is CCOc1cc(C=C2C(=N)N3N=C(C(F)(F)F)SC3=NC2=O)ccc1OCc1ccccc1C#N. The number of nitrogens with zero attached hydrogens (tertiary/aromatic N) is 4. The molecule has 2 aliphatic rings. The van der Waals surface area contributed by atoms with E-state index in [0.717, 1.165) is 0 Å². The van der Waals surface area contributed by atoms with Crippen molar-refractivity contribution in [1.82, 2.24) is 5.01 Å². The van der Waals surface area contributed by atoms with Crippen molar-refractivity contribution in [2.45, 2.75) is 19.7 Å². The molecule has 2 aromatic rings. The van der Waals surface area contributed by atoms with Gasteiger partial charge in [0.1, 0.15) is 6.61 Å². The minimum Gasteiger partial charge on any atom is -0.490 e. The van der Waals surface area contributed by atoms with Gasteiger partial charge in [-0.1, -0.05) is 24.3 Å². The molecule has 0 spiro atoms. The Morgan fingerprint density at radius 3 is 2.69 bits per heavy atom. The lowest BCUT2D eigenvalue weighted by Gasteiger charge is -2.20. The molecule has 0 bridgehead atoms. The molecule has 8 nitrogen and oxygen atoms in total. The molecule has 0 aliphatic carbocycles. The van der Waals surface area contributed by atoms with Gasteiger partial charge in [-0.25, -0.2) is 0 Å². The van der Waals surface area contributed by atoms with Gasteiger partial charge in [0, 0.05) is 5.56 Å². The van der Waals surface area contributed by atoms with Crippen molar-refractivity contribution in [2.75, 3.05) is 6.61 Å². The standard InChI is InChI=1S/C23H16F3N5O3S/c1-2-33-18-10-13(7-8-17(18)34-12-15-6-4-3-5-14(15)11-27)9-16-19(28)31-22(29-20(16)32)35-21(30-31)23(24,25)26/h3-10,28H,2,12H2,1H3. The maximum absolute atomic E-state index is 13.0. The van der Waals surface area contributed by atoms with Crippen LogP contribution in [0.25, 0.3) is 6.08 Å². The van der Waals surface area contributed by atoms with Crippen molar-refractivity contribution in [2.24, 2.45) is 10.1 Å². The Bertz CT molecular complexity index is 1340. The Balaban J connectivity index is 1.60. The summed E-state index contributed by atoms with van der Waals surface area (Å²) in [5, 5.41) is 20.0. The monoisotopic (exact) mass is 499 g/mol. The number of carbonyl (C=O) groups is 1. The molecule has 178 valence electrons. The average Bonchev–Trinajstić information content (AvgIpc) is 3.26. The molecule has 0 radical (unpaired) electrons. The first-order chi connectivity index (χ1) is 16.7. The second kappa shape index (κ2) is 9.63. The molecule has 4 rings (SSSR count). The predicted molar refractivity (Wildman–Crippen MR) is 124 cm³/mol. The molecule has 1 amide bonds. The number of ether oxygens (including phenoxy) is 2. The quantitative estimate of drug-likeness (QED) is 0.576. The number of nitrogens with one attached hydrogen (secondary N) is 1. The fourth-order valence-electron chi connectivity index (χ4n) is 3.19. The number of alkyl halides is 3. The van der Waals surface area contributed by atoms with Crippen molar-refractivity contribution >= 4 is 39.8 Å². The highest BCUT2D eigenvalue weighted by molar-refractivity contribution is 8.27. The zero-order chi connectivity index (χ0) is 25.2. The van der Waals surface area contributed by atoms with E-state index in [1.807, 2.05) is 0 Å².